The van der Waals surface area contributed by atoms with E-state index in [1.54, 1.807) is 19.1 Å². The summed E-state index contributed by atoms with van der Waals surface area (Å²) in [5, 5.41) is 2.60. The molecule has 37 heavy (non-hydrogen) atoms. The topological polar surface area (TPSA) is 99.6 Å². The average Bonchev–Trinajstić information content (AvgIpc) is 3.79. The molecule has 0 bridgehead atoms. The van der Waals surface area contributed by atoms with Crippen molar-refractivity contribution in [2.75, 3.05) is 13.2 Å². The summed E-state index contributed by atoms with van der Waals surface area (Å²) in [6, 6.07) is 8.00. The molecule has 1 atom stereocenters. The molecule has 3 aromatic rings. The number of nitrogens with two attached hydrogens (primary N) is 1. The minimum absolute atomic E-state index is 0. The van der Waals surface area contributed by atoms with Crippen molar-refractivity contribution in [3.05, 3.63) is 65.1 Å². The van der Waals surface area contributed by atoms with Crippen LogP contribution in [0.5, 0.6) is 11.5 Å². The number of nitrogens with one attached hydrogen (secondary N) is 1. The van der Waals surface area contributed by atoms with Crippen LogP contribution < -0.4 is 20.5 Å². The number of rotatable bonds is 11. The minimum atomic E-state index is -0.744. The Hall–Kier alpha value is -3.17. The maximum atomic E-state index is 14.0. The van der Waals surface area contributed by atoms with Gasteiger partial charge < -0.3 is 24.9 Å². The van der Waals surface area contributed by atoms with Crippen molar-refractivity contribution in [3.8, 4) is 23.0 Å². The van der Waals surface area contributed by atoms with Crippen LogP contribution in [0.15, 0.2) is 40.8 Å². The second-order valence-corrected chi connectivity index (χ2v) is 9.61. The molecular weight excluding hydrogens is 504 g/mol. The van der Waals surface area contributed by atoms with Crippen molar-refractivity contribution in [2.45, 2.75) is 45.2 Å². The van der Waals surface area contributed by atoms with Crippen LogP contribution in [0, 0.1) is 23.5 Å². The number of nitrogens with zero attached hydrogens (tertiary/aromatic N) is 1. The van der Waals surface area contributed by atoms with Crippen molar-refractivity contribution in [2.24, 2.45) is 17.6 Å². The van der Waals surface area contributed by atoms with Gasteiger partial charge >= 0.3 is 0 Å². The number of hydrogen-bond acceptors (Lipinski definition) is 6. The highest BCUT2D eigenvalue weighted by Crippen LogP contribution is 2.38. The standard InChI is InChI=1S/C27H29F2N3O4.ClH/c1-15(30)25-24(26(33)31-12-19-6-8-20(28)11-21(19)29)32-27(36-25)18-7-9-22(34-13-16-2-3-16)23(10-18)35-14-17-4-5-17;/h6-11,15-17H,2-5,12-14,30H2,1H3,(H,31,33);1H. The minimum Gasteiger partial charge on any atom is -0.489 e. The number of hydrogen-bond donors (Lipinski definition) is 2. The number of oxazole rings is 1. The molecule has 5 rings (SSSR count). The first-order valence-corrected chi connectivity index (χ1v) is 12.3. The van der Waals surface area contributed by atoms with Crippen LogP contribution in [0.4, 0.5) is 8.78 Å². The van der Waals surface area contributed by atoms with Crippen LogP contribution in [0.2, 0.25) is 0 Å². The molecule has 2 aromatic carbocycles. The number of halogens is 3. The fraction of sp³-hybridized carbons (Fsp3) is 0.407. The molecule has 2 fully saturated rings. The van der Waals surface area contributed by atoms with Crippen LogP contribution in [-0.4, -0.2) is 24.1 Å². The van der Waals surface area contributed by atoms with Gasteiger partial charge in [0.25, 0.3) is 5.91 Å². The van der Waals surface area contributed by atoms with Crippen molar-refractivity contribution in [1.29, 1.82) is 0 Å². The van der Waals surface area contributed by atoms with E-state index in [-0.39, 0.29) is 41.9 Å². The van der Waals surface area contributed by atoms with Gasteiger partial charge in [0.15, 0.2) is 23.0 Å². The SMILES string of the molecule is CC(N)c1oc(-c2ccc(OCC3CC3)c(OCC3CC3)c2)nc1C(=O)NCc1ccc(F)cc1F.Cl. The van der Waals surface area contributed by atoms with Crippen LogP contribution in [0.3, 0.4) is 0 Å². The lowest BCUT2D eigenvalue weighted by Gasteiger charge is -2.13. The number of amides is 1. The van der Waals surface area contributed by atoms with Gasteiger partial charge in [-0.2, -0.15) is 0 Å². The Labute approximate surface area is 220 Å². The summed E-state index contributed by atoms with van der Waals surface area (Å²) in [5.74, 6) is 0.864. The summed E-state index contributed by atoms with van der Waals surface area (Å²) in [6.45, 7) is 2.82. The van der Waals surface area contributed by atoms with E-state index >= 15 is 0 Å². The zero-order chi connectivity index (χ0) is 25.2. The van der Waals surface area contributed by atoms with Gasteiger partial charge in [0.05, 0.1) is 19.3 Å². The third-order valence-corrected chi connectivity index (χ3v) is 6.27. The Kier molecular flexibility index (Phi) is 8.34. The van der Waals surface area contributed by atoms with Crippen molar-refractivity contribution in [1.82, 2.24) is 10.3 Å². The van der Waals surface area contributed by atoms with E-state index in [1.807, 2.05) is 6.07 Å². The highest BCUT2D eigenvalue weighted by atomic mass is 35.5. The van der Waals surface area contributed by atoms with Gasteiger partial charge in [-0.3, -0.25) is 4.79 Å². The highest BCUT2D eigenvalue weighted by molar-refractivity contribution is 5.94. The van der Waals surface area contributed by atoms with E-state index in [9.17, 15) is 13.6 Å². The van der Waals surface area contributed by atoms with Crippen molar-refractivity contribution in [3.63, 3.8) is 0 Å². The van der Waals surface area contributed by atoms with Gasteiger partial charge in [-0.1, -0.05) is 6.07 Å². The molecule has 1 unspecified atom stereocenters. The third-order valence-electron chi connectivity index (χ3n) is 6.27. The highest BCUT2D eigenvalue weighted by Gasteiger charge is 2.27. The summed E-state index contributed by atoms with van der Waals surface area (Å²) >= 11 is 0. The lowest BCUT2D eigenvalue weighted by molar-refractivity contribution is 0.0943. The molecule has 198 valence electrons. The number of benzene rings is 2. The van der Waals surface area contributed by atoms with Crippen molar-refractivity contribution < 1.29 is 27.5 Å². The molecule has 7 nitrogen and oxygen atoms in total. The Morgan fingerprint density at radius 3 is 2.38 bits per heavy atom. The normalized spacial score (nSPS) is 15.6. The molecule has 0 spiro atoms. The van der Waals surface area contributed by atoms with E-state index in [2.05, 4.69) is 10.3 Å². The molecule has 0 radical (unpaired) electrons. The predicted octanol–water partition coefficient (Wildman–Crippen LogP) is 5.57. The van der Waals surface area contributed by atoms with E-state index in [4.69, 9.17) is 19.6 Å². The van der Waals surface area contributed by atoms with Gasteiger partial charge in [-0.25, -0.2) is 13.8 Å². The third kappa shape index (κ3) is 6.78. The number of aromatic nitrogens is 1. The van der Waals surface area contributed by atoms with Crippen LogP contribution in [-0.2, 0) is 6.54 Å². The molecule has 2 aliphatic rings. The summed E-state index contributed by atoms with van der Waals surface area (Å²) in [7, 11) is 0. The Balaban J connectivity index is 0.00000320. The van der Waals surface area contributed by atoms with Crippen LogP contribution in [0.25, 0.3) is 11.5 Å². The summed E-state index contributed by atoms with van der Waals surface area (Å²) in [6.07, 6.45) is 4.70. The summed E-state index contributed by atoms with van der Waals surface area (Å²) in [4.78, 5) is 17.3. The van der Waals surface area contributed by atoms with Gasteiger partial charge in [0.1, 0.15) is 11.6 Å². The van der Waals surface area contributed by atoms with E-state index in [0.29, 0.717) is 42.1 Å². The van der Waals surface area contributed by atoms with Gasteiger partial charge in [-0.05, 0) is 68.7 Å². The molecule has 2 saturated carbocycles. The number of carbonyl (C=O) groups is 1. The second-order valence-electron chi connectivity index (χ2n) is 9.61. The van der Waals surface area contributed by atoms with E-state index in [0.717, 1.165) is 25.0 Å². The maximum absolute atomic E-state index is 14.0. The quantitative estimate of drug-likeness (QED) is 0.334. The Bertz CT molecular complexity index is 1260. The molecular formula is C27H30ClF2N3O4. The zero-order valence-electron chi connectivity index (χ0n) is 20.5. The van der Waals surface area contributed by atoms with E-state index < -0.39 is 23.6 Å². The Morgan fingerprint density at radius 2 is 1.76 bits per heavy atom. The van der Waals surface area contributed by atoms with E-state index in [1.165, 1.54) is 18.9 Å². The second kappa shape index (κ2) is 11.5. The van der Waals surface area contributed by atoms with Gasteiger partial charge in [0.2, 0.25) is 5.89 Å². The van der Waals surface area contributed by atoms with Gasteiger partial charge in [-0.15, -0.1) is 12.4 Å². The van der Waals surface area contributed by atoms with Gasteiger partial charge in [0, 0.05) is 23.7 Å². The largest absolute Gasteiger partial charge is 0.489 e. The molecule has 10 heteroatoms. The first kappa shape index (κ1) is 26.9. The predicted molar refractivity (Wildman–Crippen MR) is 136 cm³/mol. The molecule has 0 aliphatic heterocycles. The Morgan fingerprint density at radius 1 is 1.08 bits per heavy atom. The number of carbonyl (C=O) groups excluding carboxylic acids is 1. The maximum Gasteiger partial charge on any atom is 0.273 e. The van der Waals surface area contributed by atoms with Crippen LogP contribution >= 0.6 is 12.4 Å². The number of ether oxygens (including phenoxy) is 2. The first-order valence-electron chi connectivity index (χ1n) is 12.3. The fourth-order valence-corrected chi connectivity index (χ4v) is 3.71. The first-order chi connectivity index (χ1) is 17.4. The smallest absolute Gasteiger partial charge is 0.273 e. The lowest BCUT2D eigenvalue weighted by atomic mass is 10.2. The molecule has 1 heterocycles. The lowest BCUT2D eigenvalue weighted by Crippen LogP contribution is -2.25. The average molecular weight is 534 g/mol. The fourth-order valence-electron chi connectivity index (χ4n) is 3.71. The monoisotopic (exact) mass is 533 g/mol. The summed E-state index contributed by atoms with van der Waals surface area (Å²) in [5.41, 5.74) is 6.82. The molecule has 0 saturated heterocycles. The molecule has 2 aliphatic carbocycles. The van der Waals surface area contributed by atoms with Crippen molar-refractivity contribution >= 4 is 18.3 Å². The molecule has 1 aromatic heterocycles. The molecule has 1 amide bonds. The molecule has 3 N–H and O–H groups in total. The zero-order valence-corrected chi connectivity index (χ0v) is 21.3. The summed E-state index contributed by atoms with van der Waals surface area (Å²) < 4.78 is 45.1. The van der Waals surface area contributed by atoms with Crippen LogP contribution in [0.1, 0.15) is 60.5 Å².